The fourth-order valence-corrected chi connectivity index (χ4v) is 2.06. The van der Waals surface area contributed by atoms with E-state index in [1.807, 2.05) is 0 Å². The Kier molecular flexibility index (Phi) is 4.62. The molecule has 0 amide bonds. The van der Waals surface area contributed by atoms with Crippen LogP contribution in [0.15, 0.2) is 0 Å². The number of rotatable bonds is 5. The zero-order valence-corrected chi connectivity index (χ0v) is 8.09. The van der Waals surface area contributed by atoms with Crippen LogP contribution >= 0.6 is 0 Å². The van der Waals surface area contributed by atoms with Gasteiger partial charge in [0.05, 0.1) is 0 Å². The molecule has 0 aromatic rings. The van der Waals surface area contributed by atoms with Crippen LogP contribution in [0.5, 0.6) is 0 Å². The minimum Gasteiger partial charge on any atom is -0.385 e. The highest BCUT2D eigenvalue weighted by Crippen LogP contribution is 2.28. The lowest BCUT2D eigenvalue weighted by Crippen LogP contribution is -2.24. The molecule has 1 aliphatic rings. The molecule has 12 heavy (non-hydrogen) atoms. The predicted molar refractivity (Wildman–Crippen MR) is 51.0 cm³/mol. The molecule has 0 aliphatic heterocycles. The molecule has 1 rings (SSSR count). The molecule has 0 aromatic carbocycles. The maximum absolute atomic E-state index is 5.96. The summed E-state index contributed by atoms with van der Waals surface area (Å²) in [5.74, 6) is 0.914. The minimum absolute atomic E-state index is 0.369. The van der Waals surface area contributed by atoms with Crippen molar-refractivity contribution in [3.05, 3.63) is 0 Å². The van der Waals surface area contributed by atoms with Crippen molar-refractivity contribution >= 4 is 0 Å². The summed E-state index contributed by atoms with van der Waals surface area (Å²) in [4.78, 5) is 0. The Labute approximate surface area is 75.5 Å². The van der Waals surface area contributed by atoms with Crippen LogP contribution < -0.4 is 5.73 Å². The predicted octanol–water partition coefficient (Wildman–Crippen LogP) is 1.93. The highest BCUT2D eigenvalue weighted by Gasteiger charge is 2.17. The molecule has 2 N–H and O–H groups in total. The molecule has 1 fully saturated rings. The van der Waals surface area contributed by atoms with Crippen LogP contribution in [-0.4, -0.2) is 19.8 Å². The molecule has 1 saturated carbocycles. The highest BCUT2D eigenvalue weighted by atomic mass is 16.5. The first-order chi connectivity index (χ1) is 5.83. The average molecular weight is 171 g/mol. The standard InChI is InChI=1S/C10H21NO/c1-12-7-6-10(11)8-9-4-2-3-5-9/h9-10H,2-8,11H2,1H3. The van der Waals surface area contributed by atoms with Gasteiger partial charge < -0.3 is 10.5 Å². The summed E-state index contributed by atoms with van der Waals surface area (Å²) < 4.78 is 5.00. The summed E-state index contributed by atoms with van der Waals surface area (Å²) in [6, 6.07) is 0.369. The van der Waals surface area contributed by atoms with Crippen LogP contribution in [0.4, 0.5) is 0 Å². The molecule has 0 radical (unpaired) electrons. The largest absolute Gasteiger partial charge is 0.385 e. The van der Waals surface area contributed by atoms with Gasteiger partial charge in [-0.05, 0) is 18.8 Å². The second-order valence-electron chi connectivity index (χ2n) is 3.93. The van der Waals surface area contributed by atoms with Gasteiger partial charge in [0, 0.05) is 19.8 Å². The minimum atomic E-state index is 0.369. The van der Waals surface area contributed by atoms with Crippen LogP contribution in [-0.2, 0) is 4.74 Å². The quantitative estimate of drug-likeness (QED) is 0.686. The van der Waals surface area contributed by atoms with Crippen LogP contribution in [0, 0.1) is 5.92 Å². The van der Waals surface area contributed by atoms with Gasteiger partial charge in [-0.3, -0.25) is 0 Å². The summed E-state index contributed by atoms with van der Waals surface area (Å²) >= 11 is 0. The smallest absolute Gasteiger partial charge is 0.0477 e. The Morgan fingerprint density at radius 3 is 2.67 bits per heavy atom. The van der Waals surface area contributed by atoms with E-state index in [4.69, 9.17) is 10.5 Å². The number of ether oxygens (including phenoxy) is 1. The summed E-state index contributed by atoms with van der Waals surface area (Å²) in [6.07, 6.45) is 7.88. The Balaban J connectivity index is 2.03. The molecule has 1 aliphatic carbocycles. The maximum atomic E-state index is 5.96. The van der Waals surface area contributed by atoms with Gasteiger partial charge in [-0.25, -0.2) is 0 Å². The summed E-state index contributed by atoms with van der Waals surface area (Å²) in [5, 5.41) is 0. The maximum Gasteiger partial charge on any atom is 0.0477 e. The van der Waals surface area contributed by atoms with E-state index in [1.165, 1.54) is 32.1 Å². The van der Waals surface area contributed by atoms with Gasteiger partial charge in [-0.1, -0.05) is 25.7 Å². The monoisotopic (exact) mass is 171 g/mol. The van der Waals surface area contributed by atoms with Crippen molar-refractivity contribution < 1.29 is 4.74 Å². The molecule has 2 heteroatoms. The molecule has 1 atom stereocenters. The highest BCUT2D eigenvalue weighted by molar-refractivity contribution is 4.73. The third-order valence-electron chi connectivity index (χ3n) is 2.80. The lowest BCUT2D eigenvalue weighted by atomic mass is 9.97. The fourth-order valence-electron chi connectivity index (χ4n) is 2.06. The van der Waals surface area contributed by atoms with E-state index in [2.05, 4.69) is 0 Å². The second kappa shape index (κ2) is 5.55. The average Bonchev–Trinajstić information content (AvgIpc) is 2.53. The van der Waals surface area contributed by atoms with E-state index in [-0.39, 0.29) is 0 Å². The fraction of sp³-hybridized carbons (Fsp3) is 1.00. The molecule has 0 bridgehead atoms. The Morgan fingerprint density at radius 2 is 2.08 bits per heavy atom. The van der Waals surface area contributed by atoms with E-state index in [0.717, 1.165) is 18.9 Å². The number of hydrogen-bond acceptors (Lipinski definition) is 2. The normalized spacial score (nSPS) is 21.5. The zero-order chi connectivity index (χ0) is 8.81. The van der Waals surface area contributed by atoms with Crippen molar-refractivity contribution in [3.8, 4) is 0 Å². The van der Waals surface area contributed by atoms with Crippen molar-refractivity contribution in [3.63, 3.8) is 0 Å². The first-order valence-electron chi connectivity index (χ1n) is 5.07. The summed E-state index contributed by atoms with van der Waals surface area (Å²) in [6.45, 7) is 0.813. The van der Waals surface area contributed by atoms with E-state index < -0.39 is 0 Å². The number of methoxy groups -OCH3 is 1. The van der Waals surface area contributed by atoms with Crippen molar-refractivity contribution in [2.24, 2.45) is 11.7 Å². The molecule has 0 spiro atoms. The lowest BCUT2D eigenvalue weighted by molar-refractivity contribution is 0.184. The third kappa shape index (κ3) is 3.55. The number of nitrogens with two attached hydrogens (primary N) is 1. The lowest BCUT2D eigenvalue weighted by Gasteiger charge is -2.15. The van der Waals surface area contributed by atoms with Crippen LogP contribution in [0.3, 0.4) is 0 Å². The van der Waals surface area contributed by atoms with Crippen LogP contribution in [0.1, 0.15) is 38.5 Å². The Morgan fingerprint density at radius 1 is 1.42 bits per heavy atom. The first kappa shape index (κ1) is 10.0. The van der Waals surface area contributed by atoms with Gasteiger partial charge in [-0.15, -0.1) is 0 Å². The van der Waals surface area contributed by atoms with Gasteiger partial charge >= 0.3 is 0 Å². The van der Waals surface area contributed by atoms with Gasteiger partial charge in [-0.2, -0.15) is 0 Å². The van der Waals surface area contributed by atoms with Gasteiger partial charge in [0.15, 0.2) is 0 Å². The molecule has 2 nitrogen and oxygen atoms in total. The second-order valence-corrected chi connectivity index (χ2v) is 3.93. The topological polar surface area (TPSA) is 35.2 Å². The van der Waals surface area contributed by atoms with Gasteiger partial charge in [0.25, 0.3) is 0 Å². The van der Waals surface area contributed by atoms with E-state index in [9.17, 15) is 0 Å². The van der Waals surface area contributed by atoms with E-state index in [0.29, 0.717) is 6.04 Å². The van der Waals surface area contributed by atoms with Gasteiger partial charge in [0.1, 0.15) is 0 Å². The van der Waals surface area contributed by atoms with E-state index in [1.54, 1.807) is 7.11 Å². The molecule has 0 aromatic heterocycles. The van der Waals surface area contributed by atoms with Crippen molar-refractivity contribution in [1.82, 2.24) is 0 Å². The van der Waals surface area contributed by atoms with Crippen molar-refractivity contribution in [2.45, 2.75) is 44.6 Å². The molecule has 0 heterocycles. The molecular weight excluding hydrogens is 150 g/mol. The third-order valence-corrected chi connectivity index (χ3v) is 2.80. The van der Waals surface area contributed by atoms with Crippen molar-refractivity contribution in [2.75, 3.05) is 13.7 Å². The molecule has 72 valence electrons. The van der Waals surface area contributed by atoms with Gasteiger partial charge in [0.2, 0.25) is 0 Å². The summed E-state index contributed by atoms with van der Waals surface area (Å²) in [7, 11) is 1.74. The van der Waals surface area contributed by atoms with Crippen LogP contribution in [0.25, 0.3) is 0 Å². The van der Waals surface area contributed by atoms with Crippen LogP contribution in [0.2, 0.25) is 0 Å². The van der Waals surface area contributed by atoms with E-state index >= 15 is 0 Å². The Hall–Kier alpha value is -0.0800. The zero-order valence-electron chi connectivity index (χ0n) is 8.09. The number of hydrogen-bond donors (Lipinski definition) is 1. The first-order valence-corrected chi connectivity index (χ1v) is 5.07. The SMILES string of the molecule is COCCC(N)CC1CCCC1. The molecule has 1 unspecified atom stereocenters. The molecular formula is C10H21NO. The molecule has 0 saturated heterocycles. The Bertz CT molecular complexity index is 110. The summed E-state index contributed by atoms with van der Waals surface area (Å²) in [5.41, 5.74) is 5.96. The van der Waals surface area contributed by atoms with Crippen molar-refractivity contribution in [1.29, 1.82) is 0 Å².